The van der Waals surface area contributed by atoms with Gasteiger partial charge in [0.1, 0.15) is 0 Å². The molecule has 1 unspecified atom stereocenters. The zero-order valence-corrected chi connectivity index (χ0v) is 12.4. The van der Waals surface area contributed by atoms with Gasteiger partial charge in [0.2, 0.25) is 0 Å². The van der Waals surface area contributed by atoms with E-state index in [1.165, 1.54) is 10.6 Å². The van der Waals surface area contributed by atoms with Crippen LogP contribution in [0.1, 0.15) is 30.5 Å². The molecule has 0 saturated heterocycles. The van der Waals surface area contributed by atoms with E-state index in [1.54, 1.807) is 11.3 Å². The van der Waals surface area contributed by atoms with Gasteiger partial charge in [-0.2, -0.15) is 5.10 Å². The zero-order valence-electron chi connectivity index (χ0n) is 9.98. The lowest BCUT2D eigenvalue weighted by Crippen LogP contribution is -2.24. The Morgan fingerprint density at radius 2 is 2.35 bits per heavy atom. The van der Waals surface area contributed by atoms with E-state index in [2.05, 4.69) is 57.7 Å². The maximum atomic E-state index is 4.34. The molecule has 0 amide bonds. The molecule has 0 bridgehead atoms. The van der Waals surface area contributed by atoms with Crippen LogP contribution in [0.25, 0.3) is 0 Å². The summed E-state index contributed by atoms with van der Waals surface area (Å²) in [6, 6.07) is 4.49. The zero-order chi connectivity index (χ0) is 12.3. The Labute approximate surface area is 114 Å². The van der Waals surface area contributed by atoms with Crippen LogP contribution in [-0.2, 0) is 6.54 Å². The number of thiophene rings is 1. The fourth-order valence-corrected chi connectivity index (χ4v) is 3.42. The van der Waals surface area contributed by atoms with Crippen LogP contribution in [0.2, 0.25) is 0 Å². The number of aryl methyl sites for hydroxylation is 1. The molecule has 1 N–H and O–H groups in total. The average molecular weight is 314 g/mol. The van der Waals surface area contributed by atoms with Gasteiger partial charge in [-0.25, -0.2) is 0 Å². The Kier molecular flexibility index (Phi) is 4.36. The molecule has 0 aromatic carbocycles. The summed E-state index contributed by atoms with van der Waals surface area (Å²) in [7, 11) is 0. The fraction of sp³-hybridized carbons (Fsp3) is 0.417. The Morgan fingerprint density at radius 3 is 2.94 bits per heavy atom. The first-order valence-electron chi connectivity index (χ1n) is 5.75. The number of rotatable bonds is 5. The standard InChI is InChI=1S/C12H16BrN3S/c1-3-14-12(11-7-9(13)8-17-11)10-5-6-15-16(10)4-2/h5-8,12,14H,3-4H2,1-2H3. The number of aromatic nitrogens is 2. The summed E-state index contributed by atoms with van der Waals surface area (Å²) in [5.41, 5.74) is 1.23. The molecule has 0 spiro atoms. The van der Waals surface area contributed by atoms with Gasteiger partial charge in [0, 0.05) is 27.5 Å². The van der Waals surface area contributed by atoms with Crippen molar-refractivity contribution in [3.63, 3.8) is 0 Å². The van der Waals surface area contributed by atoms with Gasteiger partial charge in [0.05, 0.1) is 11.7 Å². The second-order valence-corrected chi connectivity index (χ2v) is 5.59. The molecule has 2 heterocycles. The van der Waals surface area contributed by atoms with Crippen molar-refractivity contribution in [2.24, 2.45) is 0 Å². The molecule has 0 saturated carbocycles. The van der Waals surface area contributed by atoms with Crippen molar-refractivity contribution < 1.29 is 0 Å². The molecular formula is C12H16BrN3S. The Morgan fingerprint density at radius 1 is 1.53 bits per heavy atom. The number of nitrogens with one attached hydrogen (secondary N) is 1. The second kappa shape index (κ2) is 5.80. The minimum absolute atomic E-state index is 0.235. The average Bonchev–Trinajstić information content (AvgIpc) is 2.94. The first-order valence-corrected chi connectivity index (χ1v) is 7.42. The molecule has 2 aromatic heterocycles. The normalized spacial score (nSPS) is 12.9. The third-order valence-electron chi connectivity index (χ3n) is 2.63. The van der Waals surface area contributed by atoms with Crippen molar-refractivity contribution in [2.45, 2.75) is 26.4 Å². The molecule has 0 aliphatic heterocycles. The van der Waals surface area contributed by atoms with E-state index in [0.717, 1.165) is 17.6 Å². The van der Waals surface area contributed by atoms with E-state index < -0.39 is 0 Å². The summed E-state index contributed by atoms with van der Waals surface area (Å²) in [6.07, 6.45) is 1.87. The number of nitrogens with zero attached hydrogens (tertiary/aromatic N) is 2. The van der Waals surface area contributed by atoms with E-state index in [0.29, 0.717) is 0 Å². The van der Waals surface area contributed by atoms with Gasteiger partial charge in [-0.1, -0.05) is 6.92 Å². The quantitative estimate of drug-likeness (QED) is 0.916. The number of hydrogen-bond acceptors (Lipinski definition) is 3. The smallest absolute Gasteiger partial charge is 0.0842 e. The maximum absolute atomic E-state index is 4.34. The predicted molar refractivity (Wildman–Crippen MR) is 75.4 cm³/mol. The van der Waals surface area contributed by atoms with Gasteiger partial charge in [0.25, 0.3) is 0 Å². The molecule has 2 rings (SSSR count). The highest BCUT2D eigenvalue weighted by atomic mass is 79.9. The molecule has 0 aliphatic carbocycles. The van der Waals surface area contributed by atoms with Crippen LogP contribution >= 0.6 is 27.3 Å². The Bertz CT molecular complexity index is 478. The van der Waals surface area contributed by atoms with Gasteiger partial charge >= 0.3 is 0 Å². The largest absolute Gasteiger partial charge is 0.305 e. The van der Waals surface area contributed by atoms with E-state index >= 15 is 0 Å². The van der Waals surface area contributed by atoms with E-state index in [4.69, 9.17) is 0 Å². The van der Waals surface area contributed by atoms with Gasteiger partial charge < -0.3 is 5.32 Å². The summed E-state index contributed by atoms with van der Waals surface area (Å²) in [4.78, 5) is 1.31. The number of hydrogen-bond donors (Lipinski definition) is 1. The fourth-order valence-electron chi connectivity index (χ4n) is 1.89. The van der Waals surface area contributed by atoms with Crippen LogP contribution < -0.4 is 5.32 Å². The van der Waals surface area contributed by atoms with Crippen molar-refractivity contribution in [1.29, 1.82) is 0 Å². The highest BCUT2D eigenvalue weighted by molar-refractivity contribution is 9.10. The van der Waals surface area contributed by atoms with Crippen molar-refractivity contribution in [2.75, 3.05) is 6.54 Å². The van der Waals surface area contributed by atoms with E-state index in [1.807, 2.05) is 10.9 Å². The third kappa shape index (κ3) is 2.78. The summed E-state index contributed by atoms with van der Waals surface area (Å²) in [5.74, 6) is 0. The lowest BCUT2D eigenvalue weighted by molar-refractivity contribution is 0.547. The highest BCUT2D eigenvalue weighted by Crippen LogP contribution is 2.29. The van der Waals surface area contributed by atoms with Crippen molar-refractivity contribution in [3.8, 4) is 0 Å². The summed E-state index contributed by atoms with van der Waals surface area (Å²) in [5, 5.41) is 9.98. The molecule has 17 heavy (non-hydrogen) atoms. The first-order chi connectivity index (χ1) is 8.26. The molecule has 3 nitrogen and oxygen atoms in total. The SMILES string of the molecule is CCNC(c1cc(Br)cs1)c1ccnn1CC. The topological polar surface area (TPSA) is 29.9 Å². The van der Waals surface area contributed by atoms with Gasteiger partial charge in [-0.05, 0) is 41.5 Å². The second-order valence-electron chi connectivity index (χ2n) is 3.73. The molecular weight excluding hydrogens is 298 g/mol. The lowest BCUT2D eigenvalue weighted by Gasteiger charge is -2.17. The van der Waals surface area contributed by atoms with Crippen LogP contribution in [0.15, 0.2) is 28.2 Å². The molecule has 0 radical (unpaired) electrons. The molecule has 5 heteroatoms. The molecule has 2 aromatic rings. The highest BCUT2D eigenvalue weighted by Gasteiger charge is 2.18. The van der Waals surface area contributed by atoms with Gasteiger partial charge in [-0.15, -0.1) is 11.3 Å². The van der Waals surface area contributed by atoms with Gasteiger partial charge in [0.15, 0.2) is 0 Å². The van der Waals surface area contributed by atoms with Crippen molar-refractivity contribution in [3.05, 3.63) is 38.8 Å². The molecule has 0 fully saturated rings. The monoisotopic (exact) mass is 313 g/mol. The van der Waals surface area contributed by atoms with Gasteiger partial charge in [-0.3, -0.25) is 4.68 Å². The Balaban J connectivity index is 2.35. The summed E-state index contributed by atoms with van der Waals surface area (Å²) in [6.45, 7) is 6.08. The number of halogens is 1. The lowest BCUT2D eigenvalue weighted by atomic mass is 10.1. The summed E-state index contributed by atoms with van der Waals surface area (Å²) >= 11 is 5.28. The Hall–Kier alpha value is -0.650. The minimum Gasteiger partial charge on any atom is -0.305 e. The van der Waals surface area contributed by atoms with Crippen molar-refractivity contribution >= 4 is 27.3 Å². The molecule has 92 valence electrons. The minimum atomic E-state index is 0.235. The maximum Gasteiger partial charge on any atom is 0.0842 e. The molecule has 0 aliphatic rings. The van der Waals surface area contributed by atoms with E-state index in [9.17, 15) is 0 Å². The van der Waals surface area contributed by atoms with E-state index in [-0.39, 0.29) is 6.04 Å². The predicted octanol–water partition coefficient (Wildman–Crippen LogP) is 3.43. The van der Waals surface area contributed by atoms with Crippen LogP contribution in [0.4, 0.5) is 0 Å². The van der Waals surface area contributed by atoms with Crippen molar-refractivity contribution in [1.82, 2.24) is 15.1 Å². The van der Waals surface area contributed by atoms with Crippen LogP contribution in [0.5, 0.6) is 0 Å². The van der Waals surface area contributed by atoms with Crippen LogP contribution in [0, 0.1) is 0 Å². The molecule has 1 atom stereocenters. The first kappa shape index (κ1) is 12.8. The van der Waals surface area contributed by atoms with Crippen LogP contribution in [-0.4, -0.2) is 16.3 Å². The summed E-state index contributed by atoms with van der Waals surface area (Å²) < 4.78 is 3.18. The van der Waals surface area contributed by atoms with Crippen LogP contribution in [0.3, 0.4) is 0 Å². The third-order valence-corrected chi connectivity index (χ3v) is 4.38.